The van der Waals surface area contributed by atoms with Crippen LogP contribution in [0.2, 0.25) is 10.0 Å². The van der Waals surface area contributed by atoms with Crippen LogP contribution in [0.4, 0.5) is 11.4 Å². The van der Waals surface area contributed by atoms with Gasteiger partial charge in [0, 0.05) is 75.6 Å². The third kappa shape index (κ3) is 11.3. The van der Waals surface area contributed by atoms with Crippen LogP contribution in [0, 0.1) is 13.8 Å². The summed E-state index contributed by atoms with van der Waals surface area (Å²) < 4.78 is 14.0. The van der Waals surface area contributed by atoms with Gasteiger partial charge in [0.25, 0.3) is 17.0 Å². The molecule has 2 aromatic heterocycles. The van der Waals surface area contributed by atoms with E-state index in [0.29, 0.717) is 92.4 Å². The van der Waals surface area contributed by atoms with Crippen LogP contribution in [0.5, 0.6) is 0 Å². The van der Waals surface area contributed by atoms with Crippen molar-refractivity contribution >= 4 is 80.1 Å². The van der Waals surface area contributed by atoms with E-state index in [1.807, 2.05) is 121 Å². The first-order valence-corrected chi connectivity index (χ1v) is 25.2. The van der Waals surface area contributed by atoms with Crippen LogP contribution in [0.25, 0.3) is 21.8 Å². The number of amides is 2. The predicted molar refractivity (Wildman–Crippen MR) is 288 cm³/mol. The molecule has 0 N–H and O–H groups in total. The Labute approximate surface area is 433 Å². The summed E-state index contributed by atoms with van der Waals surface area (Å²) in [5, 5.41) is 2.34. The van der Waals surface area contributed by atoms with Crippen molar-refractivity contribution in [3.63, 3.8) is 0 Å². The summed E-state index contributed by atoms with van der Waals surface area (Å²) in [4.78, 5) is 86.8. The highest BCUT2D eigenvalue weighted by atomic mass is 35.5. The molecule has 0 radical (unpaired) electrons. The molecule has 9 rings (SSSR count). The minimum atomic E-state index is -0.651. The van der Waals surface area contributed by atoms with Crippen molar-refractivity contribution in [2.75, 3.05) is 75.4 Å². The zero-order valence-corrected chi connectivity index (χ0v) is 43.2. The van der Waals surface area contributed by atoms with Gasteiger partial charge >= 0.3 is 11.9 Å². The van der Waals surface area contributed by atoms with Gasteiger partial charge < -0.3 is 38.2 Å². The highest BCUT2D eigenvalue weighted by Gasteiger charge is 2.32. The molecule has 73 heavy (non-hydrogen) atoms. The molecule has 2 amide bonds. The summed E-state index contributed by atoms with van der Waals surface area (Å²) in [6.07, 6.45) is 0. The Morgan fingerprint density at radius 1 is 0.521 bits per heavy atom. The van der Waals surface area contributed by atoms with Crippen LogP contribution in [0.15, 0.2) is 125 Å². The zero-order valence-electron chi connectivity index (χ0n) is 41.7. The van der Waals surface area contributed by atoms with Gasteiger partial charge in [0.1, 0.15) is 11.1 Å². The summed E-state index contributed by atoms with van der Waals surface area (Å²) >= 11 is 12.2. The number of piperazine rings is 2. The Morgan fingerprint density at radius 2 is 0.945 bits per heavy atom. The van der Waals surface area contributed by atoms with E-state index in [1.165, 1.54) is 0 Å². The number of pyridine rings is 2. The second-order valence-electron chi connectivity index (χ2n) is 18.1. The average molecular weight is 1030 g/mol. The molecular weight excluding hydrogens is 968 g/mol. The highest BCUT2D eigenvalue weighted by molar-refractivity contribution is 6.42. The third-order valence-corrected chi connectivity index (χ3v) is 13.9. The molecule has 2 fully saturated rings. The quantitative estimate of drug-likeness (QED) is 0.115. The molecule has 7 aromatic rings. The summed E-state index contributed by atoms with van der Waals surface area (Å²) in [5.41, 5.74) is 6.37. The normalized spacial score (nSPS) is 13.7. The minimum absolute atomic E-state index is 0.0140. The Bertz CT molecular complexity index is 3330. The third-order valence-electron chi connectivity index (χ3n) is 13.2. The number of hydrogen-bond acceptors (Lipinski definition) is 10. The van der Waals surface area contributed by atoms with Gasteiger partial charge in [-0.1, -0.05) is 107 Å². The summed E-state index contributed by atoms with van der Waals surface area (Å²) in [7, 11) is 0. The molecule has 378 valence electrons. The number of aryl methyl sites for hydroxylation is 2. The Balaban J connectivity index is 0.000000199. The number of benzene rings is 5. The number of anilines is 2. The Kier molecular flexibility index (Phi) is 16.3. The predicted octanol–water partition coefficient (Wildman–Crippen LogP) is 9.01. The monoisotopic (exact) mass is 1020 g/mol. The first kappa shape index (κ1) is 51.9. The fourth-order valence-electron chi connectivity index (χ4n) is 9.58. The SMILES string of the molecule is CCOC(=O)c1c(N2CCN(C(=O)c3ccc(Cl)c(Cl)c3)CC2)c2cc(C)ccc2n(Cc2ccccc2)c1=O.CCOC(=O)c1c(N2CCN(C(C)=O)CC2)c2cc(C)ccc2n(Cc2ccccc2)c1=O. The van der Waals surface area contributed by atoms with E-state index < -0.39 is 17.5 Å². The van der Waals surface area contributed by atoms with Gasteiger partial charge in [-0.15, -0.1) is 0 Å². The maximum absolute atomic E-state index is 14.0. The van der Waals surface area contributed by atoms with Crippen molar-refractivity contribution in [3.8, 4) is 0 Å². The summed E-state index contributed by atoms with van der Waals surface area (Å²) in [6, 6.07) is 36.1. The van der Waals surface area contributed by atoms with Crippen LogP contribution in [-0.4, -0.2) is 108 Å². The lowest BCUT2D eigenvalue weighted by atomic mass is 10.0. The van der Waals surface area contributed by atoms with Crippen molar-refractivity contribution in [2.45, 2.75) is 47.7 Å². The standard InChI is InChI=1S/C31H29Cl2N3O4.C26H29N3O4/c1-3-40-31(39)27-28(34-13-15-35(16-14-34)29(37)22-10-11-24(32)25(33)18-22)23-17-20(2)9-12-26(23)36(30(27)38)19-21-7-5-4-6-8-21;1-4-33-26(32)23-24(28-14-12-27(13-15-28)19(3)30)21-16-18(2)10-11-22(21)29(25(23)31)17-20-8-6-5-7-9-20/h4-12,17-18H,3,13-16,19H2,1-2H3;5-11,16H,4,12-15,17H2,1-3H3. The van der Waals surface area contributed by atoms with Crippen molar-refractivity contribution in [1.29, 1.82) is 0 Å². The maximum Gasteiger partial charge on any atom is 0.345 e. The van der Waals surface area contributed by atoms with Crippen LogP contribution in [0.3, 0.4) is 0 Å². The number of carbonyl (C=O) groups is 4. The van der Waals surface area contributed by atoms with E-state index in [0.717, 1.165) is 44.1 Å². The van der Waals surface area contributed by atoms with Crippen molar-refractivity contribution in [2.24, 2.45) is 0 Å². The van der Waals surface area contributed by atoms with Crippen molar-refractivity contribution in [1.82, 2.24) is 18.9 Å². The van der Waals surface area contributed by atoms with Crippen molar-refractivity contribution < 1.29 is 28.7 Å². The number of fused-ring (bicyclic) bond motifs is 2. The van der Waals surface area contributed by atoms with Crippen LogP contribution >= 0.6 is 23.2 Å². The van der Waals surface area contributed by atoms with Gasteiger partial charge in [-0.3, -0.25) is 19.2 Å². The summed E-state index contributed by atoms with van der Waals surface area (Å²) in [6.45, 7) is 13.8. The lowest BCUT2D eigenvalue weighted by Gasteiger charge is -2.37. The number of esters is 2. The molecule has 2 aliphatic heterocycles. The van der Waals surface area contributed by atoms with E-state index >= 15 is 0 Å². The van der Waals surface area contributed by atoms with Crippen LogP contribution in [0.1, 0.15) is 74.1 Å². The number of aromatic nitrogens is 2. The minimum Gasteiger partial charge on any atom is -0.462 e. The molecular formula is C57H58Cl2N6O8. The number of hydrogen-bond donors (Lipinski definition) is 0. The first-order chi connectivity index (χ1) is 35.2. The lowest BCUT2D eigenvalue weighted by molar-refractivity contribution is -0.129. The number of ether oxygens (including phenoxy) is 2. The van der Waals surface area contributed by atoms with E-state index in [-0.39, 0.29) is 41.7 Å². The number of rotatable bonds is 11. The molecule has 0 atom stereocenters. The smallest absolute Gasteiger partial charge is 0.345 e. The van der Waals surface area contributed by atoms with E-state index in [1.54, 1.807) is 57.9 Å². The zero-order chi connectivity index (χ0) is 51.9. The lowest BCUT2D eigenvalue weighted by Crippen LogP contribution is -2.49. The Morgan fingerprint density at radius 3 is 1.34 bits per heavy atom. The second kappa shape index (κ2) is 23.0. The molecule has 16 heteroatoms. The maximum atomic E-state index is 14.0. The van der Waals surface area contributed by atoms with Gasteiger partial charge in [0.2, 0.25) is 5.91 Å². The average Bonchev–Trinajstić information content (AvgIpc) is 3.39. The highest BCUT2D eigenvalue weighted by Crippen LogP contribution is 2.34. The first-order valence-electron chi connectivity index (χ1n) is 24.4. The molecule has 0 saturated carbocycles. The van der Waals surface area contributed by atoms with Crippen LogP contribution in [-0.2, 0) is 27.4 Å². The number of nitrogens with zero attached hydrogens (tertiary/aromatic N) is 6. The molecule has 0 bridgehead atoms. The Hall–Kier alpha value is -7.42. The van der Waals surface area contributed by atoms with Gasteiger partial charge in [0.05, 0.1) is 58.8 Å². The van der Waals surface area contributed by atoms with Gasteiger partial charge in [-0.25, -0.2) is 9.59 Å². The number of halogens is 2. The topological polar surface area (TPSA) is 144 Å². The van der Waals surface area contributed by atoms with Crippen molar-refractivity contribution in [3.05, 3.63) is 185 Å². The molecule has 5 aromatic carbocycles. The van der Waals surface area contributed by atoms with E-state index in [4.69, 9.17) is 32.7 Å². The van der Waals surface area contributed by atoms with Gasteiger partial charge in [0.15, 0.2) is 0 Å². The van der Waals surface area contributed by atoms with E-state index in [9.17, 15) is 28.8 Å². The fraction of sp³-hybridized carbons (Fsp3) is 0.298. The molecule has 4 heterocycles. The van der Waals surface area contributed by atoms with Gasteiger partial charge in [-0.05, 0) is 81.3 Å². The molecule has 2 aliphatic rings. The van der Waals surface area contributed by atoms with Crippen LogP contribution < -0.4 is 20.9 Å². The fourth-order valence-corrected chi connectivity index (χ4v) is 9.88. The van der Waals surface area contributed by atoms with E-state index in [2.05, 4.69) is 0 Å². The van der Waals surface area contributed by atoms with Gasteiger partial charge in [-0.2, -0.15) is 0 Å². The molecule has 2 saturated heterocycles. The molecule has 0 spiro atoms. The number of carbonyl (C=O) groups excluding carboxylic acids is 4. The molecule has 0 unspecified atom stereocenters. The summed E-state index contributed by atoms with van der Waals surface area (Å²) in [5.74, 6) is -1.39. The molecule has 0 aliphatic carbocycles. The largest absolute Gasteiger partial charge is 0.462 e. The second-order valence-corrected chi connectivity index (χ2v) is 18.9. The molecule has 14 nitrogen and oxygen atoms in total.